The van der Waals surface area contributed by atoms with Crippen LogP contribution in [0.4, 0.5) is 0 Å². The first-order valence-corrected chi connectivity index (χ1v) is 11.0. The highest BCUT2D eigenvalue weighted by Crippen LogP contribution is 2.38. The smallest absolute Gasteiger partial charge is 0.107 e. The van der Waals surface area contributed by atoms with Crippen LogP contribution >= 0.6 is 0 Å². The van der Waals surface area contributed by atoms with Crippen LogP contribution in [0.15, 0.2) is 35.9 Å². The number of ether oxygens (including phenoxy) is 1. The monoisotopic (exact) mass is 381 g/mol. The number of hydrogen-bond donors (Lipinski definition) is 2. The zero-order valence-corrected chi connectivity index (χ0v) is 17.6. The van der Waals surface area contributed by atoms with Gasteiger partial charge in [0.1, 0.15) is 5.82 Å². The Labute approximate surface area is 169 Å². The normalized spacial score (nSPS) is 26.7. The number of allylic oxidation sites excluding steroid dienone is 1. The molecule has 0 spiro atoms. The molecule has 1 fully saturated rings. The average Bonchev–Trinajstić information content (AvgIpc) is 3.11. The lowest BCUT2D eigenvalue weighted by Crippen LogP contribution is -2.41. The Morgan fingerprint density at radius 1 is 1.21 bits per heavy atom. The summed E-state index contributed by atoms with van der Waals surface area (Å²) in [5.74, 6) is 3.77. The van der Waals surface area contributed by atoms with Gasteiger partial charge in [0.05, 0.1) is 11.0 Å². The van der Waals surface area contributed by atoms with E-state index in [1.54, 1.807) is 0 Å². The minimum absolute atomic E-state index is 0.590. The van der Waals surface area contributed by atoms with Crippen LogP contribution in [0.2, 0.25) is 0 Å². The lowest BCUT2D eigenvalue weighted by molar-refractivity contribution is 0.0757. The molecule has 1 aliphatic carbocycles. The highest BCUT2D eigenvalue weighted by Gasteiger charge is 2.32. The Kier molecular flexibility index (Phi) is 6.17. The van der Waals surface area contributed by atoms with Gasteiger partial charge in [-0.2, -0.15) is 0 Å². The molecule has 0 bridgehead atoms. The van der Waals surface area contributed by atoms with E-state index in [-0.39, 0.29) is 0 Å². The number of rotatable bonds is 6. The van der Waals surface area contributed by atoms with Crippen molar-refractivity contribution in [2.75, 3.05) is 19.8 Å². The largest absolute Gasteiger partial charge is 0.381 e. The third-order valence-electron chi connectivity index (χ3n) is 6.83. The zero-order chi connectivity index (χ0) is 19.5. The van der Waals surface area contributed by atoms with Crippen molar-refractivity contribution in [2.24, 2.45) is 23.7 Å². The fourth-order valence-electron chi connectivity index (χ4n) is 5.05. The molecule has 2 aliphatic rings. The first kappa shape index (κ1) is 19.7. The predicted octanol–water partition coefficient (Wildman–Crippen LogP) is 4.73. The molecule has 28 heavy (non-hydrogen) atoms. The first-order valence-electron chi connectivity index (χ1n) is 11.0. The molecular formula is C24H35N3O. The van der Waals surface area contributed by atoms with Gasteiger partial charge in [-0.1, -0.05) is 37.6 Å². The summed E-state index contributed by atoms with van der Waals surface area (Å²) in [6.45, 7) is 10.0. The molecule has 3 unspecified atom stereocenters. The summed E-state index contributed by atoms with van der Waals surface area (Å²) in [5.41, 5.74) is 3.76. The second kappa shape index (κ2) is 8.79. The summed E-state index contributed by atoms with van der Waals surface area (Å²) in [5, 5.41) is 3.84. The number of para-hydroxylation sites is 2. The highest BCUT2D eigenvalue weighted by atomic mass is 16.5. The first-order chi connectivity index (χ1) is 13.6. The molecule has 2 heterocycles. The van der Waals surface area contributed by atoms with Crippen molar-refractivity contribution < 1.29 is 4.74 Å². The molecule has 4 rings (SSSR count). The number of aromatic nitrogens is 2. The minimum atomic E-state index is 0.590. The number of imidazole rings is 1. The van der Waals surface area contributed by atoms with E-state index in [0.29, 0.717) is 23.8 Å². The van der Waals surface area contributed by atoms with E-state index in [1.165, 1.54) is 12.0 Å². The second-order valence-electron chi connectivity index (χ2n) is 9.11. The lowest BCUT2D eigenvalue weighted by atomic mass is 9.69. The van der Waals surface area contributed by atoms with Crippen LogP contribution in [0.5, 0.6) is 0 Å². The second-order valence-corrected chi connectivity index (χ2v) is 9.11. The van der Waals surface area contributed by atoms with Crippen molar-refractivity contribution in [3.8, 4) is 0 Å². The van der Waals surface area contributed by atoms with Crippen molar-refractivity contribution in [1.82, 2.24) is 15.3 Å². The van der Waals surface area contributed by atoms with Crippen molar-refractivity contribution in [3.63, 3.8) is 0 Å². The molecule has 1 aliphatic heterocycles. The summed E-state index contributed by atoms with van der Waals surface area (Å²) < 4.78 is 5.50. The molecule has 2 aromatic rings. The molecule has 3 atom stereocenters. The molecular weight excluding hydrogens is 346 g/mol. The number of nitrogens with one attached hydrogen (secondary N) is 2. The van der Waals surface area contributed by atoms with E-state index in [4.69, 9.17) is 9.72 Å². The molecule has 1 aromatic heterocycles. The van der Waals surface area contributed by atoms with E-state index in [1.807, 2.05) is 0 Å². The van der Waals surface area contributed by atoms with E-state index in [9.17, 15) is 0 Å². The molecule has 152 valence electrons. The lowest BCUT2D eigenvalue weighted by Gasteiger charge is -2.38. The quantitative estimate of drug-likeness (QED) is 0.711. The maximum Gasteiger partial charge on any atom is 0.107 e. The van der Waals surface area contributed by atoms with Crippen LogP contribution in [0.3, 0.4) is 0 Å². The van der Waals surface area contributed by atoms with Gasteiger partial charge in [0, 0.05) is 32.2 Å². The van der Waals surface area contributed by atoms with Crippen LogP contribution in [0.25, 0.3) is 11.0 Å². The molecule has 0 radical (unpaired) electrons. The molecule has 1 aromatic carbocycles. The fraction of sp³-hybridized carbons (Fsp3) is 0.625. The van der Waals surface area contributed by atoms with Crippen LogP contribution in [0.1, 0.15) is 45.9 Å². The highest BCUT2D eigenvalue weighted by molar-refractivity contribution is 5.74. The van der Waals surface area contributed by atoms with Gasteiger partial charge in [-0.3, -0.25) is 0 Å². The minimum Gasteiger partial charge on any atom is -0.381 e. The van der Waals surface area contributed by atoms with Gasteiger partial charge in [-0.05, 0) is 62.0 Å². The molecule has 0 amide bonds. The Morgan fingerprint density at radius 3 is 2.75 bits per heavy atom. The fourth-order valence-corrected chi connectivity index (χ4v) is 5.05. The van der Waals surface area contributed by atoms with Gasteiger partial charge < -0.3 is 15.0 Å². The van der Waals surface area contributed by atoms with E-state index < -0.39 is 0 Å². The number of nitrogens with zero attached hydrogens (tertiary/aromatic N) is 1. The molecule has 2 N–H and O–H groups in total. The number of hydrogen-bond acceptors (Lipinski definition) is 3. The summed E-state index contributed by atoms with van der Waals surface area (Å²) in [4.78, 5) is 8.35. The van der Waals surface area contributed by atoms with Gasteiger partial charge >= 0.3 is 0 Å². The standard InChI is InChI=1S/C24H35N3O/c1-16(2)21-13-18(14-24-26-22-6-4-5-7-23(22)27-24)17(3)12-19(21)15-25-20-8-10-28-11-9-20/h4-7,12,16,18-21,25H,8-11,13-15H2,1-3H3,(H,26,27). The van der Waals surface area contributed by atoms with E-state index in [2.05, 4.69) is 61.4 Å². The summed E-state index contributed by atoms with van der Waals surface area (Å²) in [6, 6.07) is 8.96. The summed E-state index contributed by atoms with van der Waals surface area (Å²) >= 11 is 0. The Hall–Kier alpha value is -1.65. The number of aromatic amines is 1. The van der Waals surface area contributed by atoms with Crippen LogP contribution in [-0.2, 0) is 11.2 Å². The van der Waals surface area contributed by atoms with E-state index in [0.717, 1.165) is 61.8 Å². The van der Waals surface area contributed by atoms with Gasteiger partial charge in [0.15, 0.2) is 0 Å². The molecule has 4 heteroatoms. The third-order valence-corrected chi connectivity index (χ3v) is 6.83. The number of benzene rings is 1. The SMILES string of the molecule is CC1=CC(CNC2CCOCC2)C(C(C)C)CC1Cc1nc2ccccc2[nH]1. The van der Waals surface area contributed by atoms with Crippen LogP contribution < -0.4 is 5.32 Å². The van der Waals surface area contributed by atoms with Crippen molar-refractivity contribution in [2.45, 2.75) is 52.5 Å². The van der Waals surface area contributed by atoms with Gasteiger partial charge in [0.2, 0.25) is 0 Å². The summed E-state index contributed by atoms with van der Waals surface area (Å²) in [7, 11) is 0. The predicted molar refractivity (Wildman–Crippen MR) is 115 cm³/mol. The Bertz CT molecular complexity index is 770. The van der Waals surface area contributed by atoms with Crippen molar-refractivity contribution in [3.05, 3.63) is 41.7 Å². The van der Waals surface area contributed by atoms with Crippen LogP contribution in [0, 0.1) is 23.7 Å². The number of H-pyrrole nitrogens is 1. The Balaban J connectivity index is 1.44. The number of fused-ring (bicyclic) bond motifs is 1. The van der Waals surface area contributed by atoms with Crippen molar-refractivity contribution >= 4 is 11.0 Å². The van der Waals surface area contributed by atoms with Gasteiger partial charge in [-0.15, -0.1) is 0 Å². The summed E-state index contributed by atoms with van der Waals surface area (Å²) in [6.07, 6.45) is 7.14. The molecule has 4 nitrogen and oxygen atoms in total. The zero-order valence-electron chi connectivity index (χ0n) is 17.6. The Morgan fingerprint density at radius 2 is 2.00 bits per heavy atom. The third kappa shape index (κ3) is 4.49. The van der Waals surface area contributed by atoms with Crippen LogP contribution in [-0.4, -0.2) is 35.8 Å². The average molecular weight is 382 g/mol. The topological polar surface area (TPSA) is 49.9 Å². The molecule has 1 saturated heterocycles. The van der Waals surface area contributed by atoms with Crippen molar-refractivity contribution in [1.29, 1.82) is 0 Å². The van der Waals surface area contributed by atoms with Gasteiger partial charge in [0.25, 0.3) is 0 Å². The maximum atomic E-state index is 5.50. The maximum absolute atomic E-state index is 5.50. The van der Waals surface area contributed by atoms with E-state index >= 15 is 0 Å². The van der Waals surface area contributed by atoms with Gasteiger partial charge in [-0.25, -0.2) is 4.98 Å². The molecule has 0 saturated carbocycles.